The van der Waals surface area contributed by atoms with Gasteiger partial charge in [-0.1, -0.05) is 18.2 Å². The number of rotatable bonds is 5. The van der Waals surface area contributed by atoms with Gasteiger partial charge in [0, 0.05) is 25.7 Å². The van der Waals surface area contributed by atoms with Gasteiger partial charge >= 0.3 is 0 Å². The maximum Gasteiger partial charge on any atom is 0.253 e. The molecule has 21 heavy (non-hydrogen) atoms. The van der Waals surface area contributed by atoms with Crippen molar-refractivity contribution in [2.45, 2.75) is 12.8 Å². The highest BCUT2D eigenvalue weighted by molar-refractivity contribution is 6.04. The summed E-state index contributed by atoms with van der Waals surface area (Å²) in [6.07, 6.45) is 3.05. The second-order valence-corrected chi connectivity index (χ2v) is 4.92. The predicted molar refractivity (Wildman–Crippen MR) is 81.1 cm³/mol. The molecule has 0 aliphatic carbocycles. The highest BCUT2D eigenvalue weighted by Gasteiger charge is 2.22. The first kappa shape index (κ1) is 15.3. The summed E-state index contributed by atoms with van der Waals surface area (Å²) in [5, 5.41) is 5.57. The van der Waals surface area contributed by atoms with Crippen LogP contribution < -0.4 is 10.6 Å². The smallest absolute Gasteiger partial charge is 0.253 e. The Morgan fingerprint density at radius 3 is 2.71 bits per heavy atom. The van der Waals surface area contributed by atoms with Gasteiger partial charge in [0.1, 0.15) is 0 Å². The number of carbonyl (C=O) groups is 2. The quantitative estimate of drug-likeness (QED) is 0.814. The molecule has 5 heteroatoms. The minimum absolute atomic E-state index is 0.0527. The number of benzene rings is 1. The fourth-order valence-electron chi connectivity index (χ4n) is 2.24. The van der Waals surface area contributed by atoms with E-state index in [2.05, 4.69) is 17.2 Å². The molecule has 1 aliphatic heterocycles. The second-order valence-electron chi connectivity index (χ2n) is 4.92. The topological polar surface area (TPSA) is 67.4 Å². The summed E-state index contributed by atoms with van der Waals surface area (Å²) in [4.78, 5) is 24.3. The molecule has 1 saturated heterocycles. The largest absolute Gasteiger partial charge is 0.381 e. The van der Waals surface area contributed by atoms with Crippen LogP contribution in [0.4, 0.5) is 5.69 Å². The molecular formula is C16H20N2O3. The first-order valence-corrected chi connectivity index (χ1v) is 7.09. The molecule has 0 bridgehead atoms. The third-order valence-electron chi connectivity index (χ3n) is 3.43. The van der Waals surface area contributed by atoms with Gasteiger partial charge in [-0.25, -0.2) is 0 Å². The molecule has 2 N–H and O–H groups in total. The zero-order valence-electron chi connectivity index (χ0n) is 11.9. The summed E-state index contributed by atoms with van der Waals surface area (Å²) in [5.41, 5.74) is 0.996. The number of ether oxygens (including phenoxy) is 1. The molecule has 1 aromatic carbocycles. The molecule has 1 aliphatic rings. The zero-order chi connectivity index (χ0) is 15.1. The summed E-state index contributed by atoms with van der Waals surface area (Å²) in [5.74, 6) is -0.330. The van der Waals surface area contributed by atoms with E-state index in [0.717, 1.165) is 12.8 Å². The molecule has 2 amide bonds. The monoisotopic (exact) mass is 288 g/mol. The summed E-state index contributed by atoms with van der Waals surface area (Å²) in [6.45, 7) is 5.17. The number of amides is 2. The Hall–Kier alpha value is -2.14. The van der Waals surface area contributed by atoms with Gasteiger partial charge in [0.05, 0.1) is 11.3 Å². The maximum atomic E-state index is 12.2. The van der Waals surface area contributed by atoms with Crippen LogP contribution in [0.1, 0.15) is 23.2 Å². The Morgan fingerprint density at radius 2 is 2.00 bits per heavy atom. The molecule has 1 aromatic rings. The van der Waals surface area contributed by atoms with Crippen molar-refractivity contribution >= 4 is 17.5 Å². The molecule has 112 valence electrons. The Labute approximate surface area is 124 Å². The average molecular weight is 288 g/mol. The van der Waals surface area contributed by atoms with Crippen molar-refractivity contribution < 1.29 is 14.3 Å². The summed E-state index contributed by atoms with van der Waals surface area (Å²) in [6, 6.07) is 6.99. The fourth-order valence-corrected chi connectivity index (χ4v) is 2.24. The lowest BCUT2D eigenvalue weighted by molar-refractivity contribution is -0.122. The summed E-state index contributed by atoms with van der Waals surface area (Å²) in [7, 11) is 0. The predicted octanol–water partition coefficient (Wildman–Crippen LogP) is 1.97. The molecule has 5 nitrogen and oxygen atoms in total. The van der Waals surface area contributed by atoms with Gasteiger partial charge in [-0.15, -0.1) is 6.58 Å². The van der Waals surface area contributed by atoms with Crippen LogP contribution >= 0.6 is 0 Å². The van der Waals surface area contributed by atoms with Crippen molar-refractivity contribution in [2.75, 3.05) is 25.1 Å². The third-order valence-corrected chi connectivity index (χ3v) is 3.43. The lowest BCUT2D eigenvalue weighted by Gasteiger charge is -2.21. The Bertz CT molecular complexity index is 522. The SMILES string of the molecule is C=CCNC(=O)c1ccccc1NC(=O)C1CCOCC1. The van der Waals surface area contributed by atoms with Crippen molar-refractivity contribution in [1.29, 1.82) is 0 Å². The Balaban J connectivity index is 2.06. The van der Waals surface area contributed by atoms with Crippen LogP contribution in [-0.2, 0) is 9.53 Å². The van der Waals surface area contributed by atoms with E-state index in [-0.39, 0.29) is 17.7 Å². The first-order valence-electron chi connectivity index (χ1n) is 7.09. The highest BCUT2D eigenvalue weighted by atomic mass is 16.5. The van der Waals surface area contributed by atoms with Crippen molar-refractivity contribution in [3.8, 4) is 0 Å². The summed E-state index contributed by atoms with van der Waals surface area (Å²) < 4.78 is 5.25. The number of carbonyl (C=O) groups excluding carboxylic acids is 2. The average Bonchev–Trinajstić information content (AvgIpc) is 2.54. The molecule has 2 rings (SSSR count). The van der Waals surface area contributed by atoms with E-state index in [4.69, 9.17) is 4.74 Å². The van der Waals surface area contributed by atoms with Gasteiger partial charge in [0.15, 0.2) is 0 Å². The van der Waals surface area contributed by atoms with Crippen molar-refractivity contribution in [2.24, 2.45) is 5.92 Å². The molecular weight excluding hydrogens is 268 g/mol. The zero-order valence-corrected chi connectivity index (χ0v) is 11.9. The molecule has 0 saturated carbocycles. The number of nitrogens with one attached hydrogen (secondary N) is 2. The van der Waals surface area contributed by atoms with E-state index in [1.165, 1.54) is 0 Å². The lowest BCUT2D eigenvalue weighted by Crippen LogP contribution is -2.30. The minimum atomic E-state index is -0.224. The standard InChI is InChI=1S/C16H20N2O3/c1-2-9-17-16(20)13-5-3-4-6-14(13)18-15(19)12-7-10-21-11-8-12/h2-6,12H,1,7-11H2,(H,17,20)(H,18,19). The molecule has 0 aromatic heterocycles. The highest BCUT2D eigenvalue weighted by Crippen LogP contribution is 2.20. The number of para-hydroxylation sites is 1. The number of hydrogen-bond donors (Lipinski definition) is 2. The second kappa shape index (κ2) is 7.59. The van der Waals surface area contributed by atoms with Gasteiger partial charge in [-0.05, 0) is 25.0 Å². The third kappa shape index (κ3) is 4.16. The first-order chi connectivity index (χ1) is 10.2. The van der Waals surface area contributed by atoms with Crippen LogP contribution in [0.25, 0.3) is 0 Å². The molecule has 0 radical (unpaired) electrons. The van der Waals surface area contributed by atoms with Crippen LogP contribution in [0.3, 0.4) is 0 Å². The van der Waals surface area contributed by atoms with Gasteiger partial charge in [-0.3, -0.25) is 9.59 Å². The van der Waals surface area contributed by atoms with Crippen LogP contribution in [0.15, 0.2) is 36.9 Å². The van der Waals surface area contributed by atoms with E-state index in [0.29, 0.717) is 31.0 Å². The van der Waals surface area contributed by atoms with Crippen molar-refractivity contribution in [1.82, 2.24) is 5.32 Å². The normalized spacial score (nSPS) is 15.2. The van der Waals surface area contributed by atoms with Gasteiger partial charge in [-0.2, -0.15) is 0 Å². The van der Waals surface area contributed by atoms with E-state index in [1.807, 2.05) is 0 Å². The molecule has 0 atom stereocenters. The van der Waals surface area contributed by atoms with Gasteiger partial charge < -0.3 is 15.4 Å². The van der Waals surface area contributed by atoms with E-state index in [9.17, 15) is 9.59 Å². The van der Waals surface area contributed by atoms with E-state index >= 15 is 0 Å². The van der Waals surface area contributed by atoms with Crippen LogP contribution in [0.2, 0.25) is 0 Å². The summed E-state index contributed by atoms with van der Waals surface area (Å²) >= 11 is 0. The lowest BCUT2D eigenvalue weighted by atomic mass is 9.99. The van der Waals surface area contributed by atoms with Gasteiger partial charge in [0.25, 0.3) is 5.91 Å². The minimum Gasteiger partial charge on any atom is -0.381 e. The Morgan fingerprint density at radius 1 is 1.29 bits per heavy atom. The van der Waals surface area contributed by atoms with Gasteiger partial charge in [0.2, 0.25) is 5.91 Å². The van der Waals surface area contributed by atoms with Crippen LogP contribution in [0.5, 0.6) is 0 Å². The number of anilines is 1. The fraction of sp³-hybridized carbons (Fsp3) is 0.375. The van der Waals surface area contributed by atoms with Crippen molar-refractivity contribution in [3.05, 3.63) is 42.5 Å². The molecule has 1 heterocycles. The van der Waals surface area contributed by atoms with Crippen LogP contribution in [-0.4, -0.2) is 31.6 Å². The molecule has 0 unspecified atom stereocenters. The number of hydrogen-bond acceptors (Lipinski definition) is 3. The van der Waals surface area contributed by atoms with E-state index < -0.39 is 0 Å². The maximum absolute atomic E-state index is 12.2. The van der Waals surface area contributed by atoms with Crippen molar-refractivity contribution in [3.63, 3.8) is 0 Å². The molecule has 1 fully saturated rings. The van der Waals surface area contributed by atoms with Crippen LogP contribution in [0, 0.1) is 5.92 Å². The Kier molecular flexibility index (Phi) is 5.51. The van der Waals surface area contributed by atoms with E-state index in [1.54, 1.807) is 30.3 Å². The molecule has 0 spiro atoms.